The van der Waals surface area contributed by atoms with Crippen molar-refractivity contribution in [1.82, 2.24) is 4.98 Å². The molecule has 0 saturated heterocycles. The summed E-state index contributed by atoms with van der Waals surface area (Å²) in [5.74, 6) is 1.53. The number of benzene rings is 3. The van der Waals surface area contributed by atoms with Gasteiger partial charge in [0.05, 0.1) is 16.8 Å². The lowest BCUT2D eigenvalue weighted by Crippen LogP contribution is -1.97. The van der Waals surface area contributed by atoms with Crippen molar-refractivity contribution < 1.29 is 4.74 Å². The highest BCUT2D eigenvalue weighted by atomic mass is 79.9. The van der Waals surface area contributed by atoms with Gasteiger partial charge in [-0.05, 0) is 54.6 Å². The molecule has 0 bridgehead atoms. The molecule has 0 aliphatic heterocycles. The lowest BCUT2D eigenvalue weighted by atomic mass is 10.1. The van der Waals surface area contributed by atoms with Crippen LogP contribution in [0.5, 0.6) is 11.5 Å². The van der Waals surface area contributed by atoms with Gasteiger partial charge in [-0.2, -0.15) is 5.26 Å². The minimum Gasteiger partial charge on any atom is -0.457 e. The number of fused-ring (bicyclic) bond motifs is 1. The van der Waals surface area contributed by atoms with E-state index in [0.29, 0.717) is 5.56 Å². The molecular formula is C22H14BrN3O. The summed E-state index contributed by atoms with van der Waals surface area (Å²) in [5.41, 5.74) is 2.92. The number of para-hydroxylation sites is 1. The zero-order chi connectivity index (χ0) is 18.6. The Hall–Kier alpha value is -3.36. The molecule has 0 radical (unpaired) electrons. The average molecular weight is 416 g/mol. The summed E-state index contributed by atoms with van der Waals surface area (Å²) in [7, 11) is 0. The van der Waals surface area contributed by atoms with Gasteiger partial charge in [-0.25, -0.2) is 0 Å². The summed E-state index contributed by atoms with van der Waals surface area (Å²) in [6.45, 7) is 0. The molecule has 4 rings (SSSR count). The average Bonchev–Trinajstić information content (AvgIpc) is 2.70. The molecule has 5 heteroatoms. The fraction of sp³-hybridized carbons (Fsp3) is 0. The van der Waals surface area contributed by atoms with E-state index in [1.807, 2.05) is 72.8 Å². The molecule has 0 amide bonds. The Bertz CT molecular complexity index is 1140. The third-order valence-electron chi connectivity index (χ3n) is 4.05. The third-order valence-corrected chi connectivity index (χ3v) is 4.55. The number of nitrogens with one attached hydrogen (secondary N) is 1. The first-order chi connectivity index (χ1) is 13.2. The molecule has 1 heterocycles. The molecular weight excluding hydrogens is 402 g/mol. The normalized spacial score (nSPS) is 10.4. The van der Waals surface area contributed by atoms with Gasteiger partial charge >= 0.3 is 0 Å². The first-order valence-electron chi connectivity index (χ1n) is 8.31. The van der Waals surface area contributed by atoms with Crippen molar-refractivity contribution in [3.63, 3.8) is 0 Å². The van der Waals surface area contributed by atoms with Crippen LogP contribution < -0.4 is 10.1 Å². The number of nitriles is 1. The van der Waals surface area contributed by atoms with Crippen LogP contribution in [-0.4, -0.2) is 4.98 Å². The second kappa shape index (κ2) is 7.48. The van der Waals surface area contributed by atoms with E-state index in [9.17, 15) is 5.26 Å². The highest BCUT2D eigenvalue weighted by Crippen LogP contribution is 2.31. The fourth-order valence-electron chi connectivity index (χ4n) is 2.76. The maximum absolute atomic E-state index is 9.46. The van der Waals surface area contributed by atoms with Crippen molar-refractivity contribution in [3.05, 3.63) is 89.0 Å². The van der Waals surface area contributed by atoms with Crippen molar-refractivity contribution in [2.24, 2.45) is 0 Å². The van der Waals surface area contributed by atoms with Crippen molar-refractivity contribution in [2.45, 2.75) is 0 Å². The van der Waals surface area contributed by atoms with Crippen LogP contribution in [0.15, 0.2) is 83.5 Å². The van der Waals surface area contributed by atoms with Crippen molar-refractivity contribution in [2.75, 3.05) is 5.32 Å². The first-order valence-corrected chi connectivity index (χ1v) is 9.10. The van der Waals surface area contributed by atoms with Crippen molar-refractivity contribution in [1.29, 1.82) is 5.26 Å². The highest BCUT2D eigenvalue weighted by molar-refractivity contribution is 9.10. The Morgan fingerprint density at radius 2 is 1.67 bits per heavy atom. The largest absolute Gasteiger partial charge is 0.457 e. The van der Waals surface area contributed by atoms with Crippen LogP contribution in [0.3, 0.4) is 0 Å². The minimum atomic E-state index is 0.495. The number of pyridine rings is 1. The zero-order valence-corrected chi connectivity index (χ0v) is 15.8. The van der Waals surface area contributed by atoms with E-state index in [0.717, 1.165) is 38.2 Å². The minimum absolute atomic E-state index is 0.495. The Morgan fingerprint density at radius 3 is 2.41 bits per heavy atom. The summed E-state index contributed by atoms with van der Waals surface area (Å²) in [6.07, 6.45) is 1.59. The lowest BCUT2D eigenvalue weighted by Gasteiger charge is -2.12. The quantitative estimate of drug-likeness (QED) is 0.418. The maximum atomic E-state index is 9.46. The molecule has 4 aromatic rings. The van der Waals surface area contributed by atoms with Crippen LogP contribution in [0.1, 0.15) is 5.56 Å². The molecule has 130 valence electrons. The molecule has 1 N–H and O–H groups in total. The monoisotopic (exact) mass is 415 g/mol. The van der Waals surface area contributed by atoms with Crippen molar-refractivity contribution in [3.8, 4) is 17.6 Å². The number of nitrogens with zero attached hydrogens (tertiary/aromatic N) is 2. The van der Waals surface area contributed by atoms with Gasteiger partial charge in [-0.3, -0.25) is 4.98 Å². The third kappa shape index (κ3) is 3.76. The molecule has 1 aromatic heterocycles. The summed E-state index contributed by atoms with van der Waals surface area (Å²) in [5, 5.41) is 13.7. The van der Waals surface area contributed by atoms with Gasteiger partial charge in [0, 0.05) is 21.7 Å². The molecule has 0 unspecified atom stereocenters. The predicted octanol–water partition coefficient (Wildman–Crippen LogP) is 6.40. The van der Waals surface area contributed by atoms with Crippen LogP contribution in [0, 0.1) is 11.3 Å². The van der Waals surface area contributed by atoms with E-state index in [2.05, 4.69) is 32.3 Å². The summed E-state index contributed by atoms with van der Waals surface area (Å²) >= 11 is 3.46. The van der Waals surface area contributed by atoms with E-state index in [1.54, 1.807) is 6.20 Å². The van der Waals surface area contributed by atoms with E-state index >= 15 is 0 Å². The molecule has 3 aromatic carbocycles. The number of halogens is 1. The second-order valence-corrected chi connectivity index (χ2v) is 6.80. The number of aromatic nitrogens is 1. The van der Waals surface area contributed by atoms with Gasteiger partial charge in [0.25, 0.3) is 0 Å². The number of anilines is 2. The predicted molar refractivity (Wildman–Crippen MR) is 110 cm³/mol. The maximum Gasteiger partial charge on any atom is 0.127 e. The fourth-order valence-corrected chi connectivity index (χ4v) is 3.11. The number of ether oxygens (including phenoxy) is 1. The molecule has 0 aliphatic rings. The SMILES string of the molecule is N#Cc1cnc2cc(Br)ccc2c1Nc1ccc(Oc2ccccc2)cc1. The van der Waals surface area contributed by atoms with Gasteiger partial charge in [0.1, 0.15) is 17.6 Å². The Kier molecular flexibility index (Phi) is 4.73. The lowest BCUT2D eigenvalue weighted by molar-refractivity contribution is 0.483. The molecule has 0 saturated carbocycles. The number of hydrogen-bond acceptors (Lipinski definition) is 4. The van der Waals surface area contributed by atoms with Gasteiger partial charge in [-0.15, -0.1) is 0 Å². The standard InChI is InChI=1S/C22H14BrN3O/c23-16-6-11-20-21(12-16)25-14-15(13-24)22(20)26-17-7-9-19(10-8-17)27-18-4-2-1-3-5-18/h1-12,14H,(H,25,26). The molecule has 0 atom stereocenters. The van der Waals surface area contributed by atoms with E-state index in [4.69, 9.17) is 4.74 Å². The van der Waals surface area contributed by atoms with E-state index in [-0.39, 0.29) is 0 Å². The Labute approximate surface area is 165 Å². The Balaban J connectivity index is 1.63. The van der Waals surface area contributed by atoms with Gasteiger partial charge in [-0.1, -0.05) is 34.1 Å². The van der Waals surface area contributed by atoms with Gasteiger partial charge < -0.3 is 10.1 Å². The summed E-state index contributed by atoms with van der Waals surface area (Å²) in [4.78, 5) is 4.36. The van der Waals surface area contributed by atoms with Crippen LogP contribution in [0.2, 0.25) is 0 Å². The summed E-state index contributed by atoms with van der Waals surface area (Å²) in [6, 6.07) is 25.3. The van der Waals surface area contributed by atoms with Crippen molar-refractivity contribution >= 4 is 38.2 Å². The van der Waals surface area contributed by atoms with Crippen LogP contribution in [-0.2, 0) is 0 Å². The van der Waals surface area contributed by atoms with E-state index < -0.39 is 0 Å². The van der Waals surface area contributed by atoms with E-state index in [1.165, 1.54) is 0 Å². The zero-order valence-electron chi connectivity index (χ0n) is 14.2. The molecule has 27 heavy (non-hydrogen) atoms. The van der Waals surface area contributed by atoms with Gasteiger partial charge in [0.2, 0.25) is 0 Å². The molecule has 0 fully saturated rings. The molecule has 4 nitrogen and oxygen atoms in total. The topological polar surface area (TPSA) is 57.9 Å². The Morgan fingerprint density at radius 1 is 0.926 bits per heavy atom. The number of hydrogen-bond donors (Lipinski definition) is 1. The number of rotatable bonds is 4. The highest BCUT2D eigenvalue weighted by Gasteiger charge is 2.10. The molecule has 0 spiro atoms. The smallest absolute Gasteiger partial charge is 0.127 e. The summed E-state index contributed by atoms with van der Waals surface area (Å²) < 4.78 is 6.76. The molecule has 0 aliphatic carbocycles. The van der Waals surface area contributed by atoms with Crippen LogP contribution in [0.4, 0.5) is 11.4 Å². The first kappa shape index (κ1) is 17.1. The van der Waals surface area contributed by atoms with Crippen LogP contribution in [0.25, 0.3) is 10.9 Å². The van der Waals surface area contributed by atoms with Crippen LogP contribution >= 0.6 is 15.9 Å². The van der Waals surface area contributed by atoms with Gasteiger partial charge in [0.15, 0.2) is 0 Å². The second-order valence-electron chi connectivity index (χ2n) is 5.88.